The molecule has 1 atom stereocenters. The van der Waals surface area contributed by atoms with Gasteiger partial charge in [0.1, 0.15) is 0 Å². The third-order valence-electron chi connectivity index (χ3n) is 2.96. The second-order valence-electron chi connectivity index (χ2n) is 4.29. The third kappa shape index (κ3) is 4.19. The number of benzene rings is 1. The van der Waals surface area contributed by atoms with Crippen LogP contribution in [0.3, 0.4) is 0 Å². The molecule has 17 heavy (non-hydrogen) atoms. The normalized spacial score (nSPS) is 12.4. The van der Waals surface area contributed by atoms with E-state index in [0.29, 0.717) is 6.42 Å². The largest absolute Gasteiger partial charge is 0.481 e. The second-order valence-corrected chi connectivity index (χ2v) is 4.29. The second kappa shape index (κ2) is 7.07. The Kier molecular flexibility index (Phi) is 5.70. The quantitative estimate of drug-likeness (QED) is 0.716. The SMILES string of the molecule is CCCCCC(C(=O)O)c1ccc(CO)cc1. The summed E-state index contributed by atoms with van der Waals surface area (Å²) in [4.78, 5) is 11.2. The molecule has 2 N–H and O–H groups in total. The highest BCUT2D eigenvalue weighted by Crippen LogP contribution is 2.23. The van der Waals surface area contributed by atoms with Crippen LogP contribution in [0, 0.1) is 0 Å². The highest BCUT2D eigenvalue weighted by atomic mass is 16.4. The Hall–Kier alpha value is -1.35. The molecule has 94 valence electrons. The number of unbranched alkanes of at least 4 members (excludes halogenated alkanes) is 2. The Morgan fingerprint density at radius 2 is 1.88 bits per heavy atom. The van der Waals surface area contributed by atoms with Gasteiger partial charge in [-0.15, -0.1) is 0 Å². The van der Waals surface area contributed by atoms with E-state index in [1.165, 1.54) is 0 Å². The Morgan fingerprint density at radius 1 is 1.24 bits per heavy atom. The Labute approximate surface area is 102 Å². The molecule has 0 aliphatic carbocycles. The van der Waals surface area contributed by atoms with Crippen LogP contribution in [-0.4, -0.2) is 16.2 Å². The average Bonchev–Trinajstić information content (AvgIpc) is 2.34. The molecule has 0 radical (unpaired) electrons. The van der Waals surface area contributed by atoms with Crippen molar-refractivity contribution in [2.45, 2.75) is 45.1 Å². The molecular weight excluding hydrogens is 216 g/mol. The van der Waals surface area contributed by atoms with Crippen LogP contribution < -0.4 is 0 Å². The maximum absolute atomic E-state index is 11.2. The first kappa shape index (κ1) is 13.7. The number of carbonyl (C=O) groups is 1. The number of carboxylic acids is 1. The van der Waals surface area contributed by atoms with E-state index in [4.69, 9.17) is 5.11 Å². The molecule has 0 spiro atoms. The number of aliphatic hydroxyl groups excluding tert-OH is 1. The van der Waals surface area contributed by atoms with Gasteiger partial charge in [-0.05, 0) is 17.5 Å². The fourth-order valence-corrected chi connectivity index (χ4v) is 1.89. The van der Waals surface area contributed by atoms with Crippen LogP contribution in [-0.2, 0) is 11.4 Å². The molecule has 0 fully saturated rings. The molecule has 1 aromatic carbocycles. The minimum Gasteiger partial charge on any atom is -0.481 e. The fourth-order valence-electron chi connectivity index (χ4n) is 1.89. The number of rotatable bonds is 7. The predicted octanol–water partition coefficient (Wildman–Crippen LogP) is 2.93. The summed E-state index contributed by atoms with van der Waals surface area (Å²) in [5.74, 6) is -1.19. The van der Waals surface area contributed by atoms with Crippen molar-refractivity contribution in [1.29, 1.82) is 0 Å². The molecule has 1 rings (SSSR count). The molecule has 1 unspecified atom stereocenters. The summed E-state index contributed by atoms with van der Waals surface area (Å²) in [5.41, 5.74) is 1.64. The first-order valence-corrected chi connectivity index (χ1v) is 6.11. The van der Waals surface area contributed by atoms with Crippen LogP contribution in [0.5, 0.6) is 0 Å². The molecule has 0 bridgehead atoms. The van der Waals surface area contributed by atoms with E-state index in [2.05, 4.69) is 6.92 Å². The summed E-state index contributed by atoms with van der Waals surface area (Å²) < 4.78 is 0. The van der Waals surface area contributed by atoms with Crippen LogP contribution in [0.1, 0.15) is 49.7 Å². The molecule has 0 aliphatic rings. The van der Waals surface area contributed by atoms with Crippen LogP contribution >= 0.6 is 0 Å². The molecular formula is C14H20O3. The lowest BCUT2D eigenvalue weighted by Gasteiger charge is -2.12. The zero-order valence-electron chi connectivity index (χ0n) is 10.2. The van der Waals surface area contributed by atoms with Gasteiger partial charge in [0, 0.05) is 0 Å². The van der Waals surface area contributed by atoms with E-state index >= 15 is 0 Å². The van der Waals surface area contributed by atoms with Crippen molar-refractivity contribution in [2.75, 3.05) is 0 Å². The summed E-state index contributed by atoms with van der Waals surface area (Å²) in [6.07, 6.45) is 3.78. The number of hydrogen-bond donors (Lipinski definition) is 2. The number of carboxylic acid groups (broad SMARTS) is 1. The van der Waals surface area contributed by atoms with Crippen LogP contribution in [0.4, 0.5) is 0 Å². The Morgan fingerprint density at radius 3 is 2.35 bits per heavy atom. The summed E-state index contributed by atoms with van der Waals surface area (Å²) >= 11 is 0. The van der Waals surface area contributed by atoms with Crippen LogP contribution in [0.15, 0.2) is 24.3 Å². The monoisotopic (exact) mass is 236 g/mol. The molecule has 0 heterocycles. The zero-order chi connectivity index (χ0) is 12.7. The van der Waals surface area contributed by atoms with Crippen molar-refractivity contribution in [3.63, 3.8) is 0 Å². The zero-order valence-corrected chi connectivity index (χ0v) is 10.2. The lowest BCUT2D eigenvalue weighted by atomic mass is 9.93. The predicted molar refractivity (Wildman–Crippen MR) is 66.9 cm³/mol. The van der Waals surface area contributed by atoms with Gasteiger partial charge in [0.25, 0.3) is 0 Å². The highest BCUT2D eigenvalue weighted by Gasteiger charge is 2.18. The van der Waals surface area contributed by atoms with Gasteiger partial charge in [0.15, 0.2) is 0 Å². The van der Waals surface area contributed by atoms with Crippen molar-refractivity contribution >= 4 is 5.97 Å². The van der Waals surface area contributed by atoms with E-state index < -0.39 is 11.9 Å². The molecule has 0 aromatic heterocycles. The van der Waals surface area contributed by atoms with Gasteiger partial charge in [0.2, 0.25) is 0 Å². The van der Waals surface area contributed by atoms with Gasteiger partial charge in [-0.1, -0.05) is 50.5 Å². The molecule has 0 saturated carbocycles. The summed E-state index contributed by atoms with van der Waals surface area (Å²) in [6.45, 7) is 2.10. The smallest absolute Gasteiger partial charge is 0.310 e. The Bertz CT molecular complexity index is 343. The van der Waals surface area contributed by atoms with Gasteiger partial charge in [-0.25, -0.2) is 0 Å². The van der Waals surface area contributed by atoms with Crippen molar-refractivity contribution in [2.24, 2.45) is 0 Å². The van der Waals surface area contributed by atoms with Gasteiger partial charge in [-0.2, -0.15) is 0 Å². The maximum Gasteiger partial charge on any atom is 0.310 e. The summed E-state index contributed by atoms with van der Waals surface area (Å²) in [7, 11) is 0. The van der Waals surface area contributed by atoms with E-state index in [9.17, 15) is 9.90 Å². The van der Waals surface area contributed by atoms with E-state index in [0.717, 1.165) is 30.4 Å². The molecule has 3 nitrogen and oxygen atoms in total. The summed E-state index contributed by atoms with van der Waals surface area (Å²) in [5, 5.41) is 18.1. The van der Waals surface area contributed by atoms with Gasteiger partial charge in [0.05, 0.1) is 12.5 Å². The van der Waals surface area contributed by atoms with E-state index in [1.807, 2.05) is 0 Å². The van der Waals surface area contributed by atoms with Crippen molar-refractivity contribution in [1.82, 2.24) is 0 Å². The first-order chi connectivity index (χ1) is 8.19. The highest BCUT2D eigenvalue weighted by molar-refractivity contribution is 5.76. The minimum atomic E-state index is -0.766. The third-order valence-corrected chi connectivity index (χ3v) is 2.96. The lowest BCUT2D eigenvalue weighted by molar-refractivity contribution is -0.139. The topological polar surface area (TPSA) is 57.5 Å². The molecule has 0 amide bonds. The van der Waals surface area contributed by atoms with Crippen LogP contribution in [0.2, 0.25) is 0 Å². The number of aliphatic hydroxyl groups is 1. The Balaban J connectivity index is 2.71. The van der Waals surface area contributed by atoms with Gasteiger partial charge < -0.3 is 10.2 Å². The van der Waals surface area contributed by atoms with E-state index in [1.54, 1.807) is 24.3 Å². The fraction of sp³-hybridized carbons (Fsp3) is 0.500. The molecule has 3 heteroatoms. The molecule has 1 aromatic rings. The maximum atomic E-state index is 11.2. The van der Waals surface area contributed by atoms with Crippen molar-refractivity contribution in [3.8, 4) is 0 Å². The van der Waals surface area contributed by atoms with Gasteiger partial charge in [-0.3, -0.25) is 4.79 Å². The van der Waals surface area contributed by atoms with E-state index in [-0.39, 0.29) is 6.61 Å². The minimum absolute atomic E-state index is 0.00610. The van der Waals surface area contributed by atoms with Crippen molar-refractivity contribution in [3.05, 3.63) is 35.4 Å². The standard InChI is InChI=1S/C14H20O3/c1-2-3-4-5-13(14(16)17)12-8-6-11(10-15)7-9-12/h6-9,13,15H,2-5,10H2,1H3,(H,16,17). The molecule has 0 saturated heterocycles. The van der Waals surface area contributed by atoms with Gasteiger partial charge >= 0.3 is 5.97 Å². The van der Waals surface area contributed by atoms with Crippen LogP contribution in [0.25, 0.3) is 0 Å². The average molecular weight is 236 g/mol. The molecule has 0 aliphatic heterocycles. The van der Waals surface area contributed by atoms with Crippen molar-refractivity contribution < 1.29 is 15.0 Å². The number of hydrogen-bond acceptors (Lipinski definition) is 2. The first-order valence-electron chi connectivity index (χ1n) is 6.11. The lowest BCUT2D eigenvalue weighted by Crippen LogP contribution is -2.11. The number of aliphatic carboxylic acids is 1. The summed E-state index contributed by atoms with van der Waals surface area (Å²) in [6, 6.07) is 7.17.